The zero-order valence-corrected chi connectivity index (χ0v) is 106. The summed E-state index contributed by atoms with van der Waals surface area (Å²) in [5, 5.41) is 89.7. The fourth-order valence-corrected chi connectivity index (χ4v) is 14.6. The molecule has 0 aliphatic heterocycles. The molecule has 0 fully saturated rings. The first-order chi connectivity index (χ1) is 65.2. The van der Waals surface area contributed by atoms with Crippen molar-refractivity contribution in [2.24, 2.45) is 22.7 Å². The predicted molar refractivity (Wildman–Crippen MR) is 581 cm³/mol. The molecule has 10 N–H and O–H groups in total. The van der Waals surface area contributed by atoms with E-state index in [2.05, 4.69) is 308 Å². The van der Waals surface area contributed by atoms with E-state index in [9.17, 15) is 20.4 Å². The molecule has 0 spiro atoms. The number of aliphatic hydroxyl groups excluding tert-OH is 10. The van der Waals surface area contributed by atoms with E-state index in [1.54, 1.807) is 72.9 Å². The third kappa shape index (κ3) is 56.8. The minimum absolute atomic E-state index is 0. The van der Waals surface area contributed by atoms with Gasteiger partial charge in [0.05, 0.1) is 78.1 Å². The molecule has 12 aromatic rings. The largest absolute Gasteiger partial charge is 0.393 e. The van der Waals surface area contributed by atoms with Crippen LogP contribution in [0.3, 0.4) is 0 Å². The van der Waals surface area contributed by atoms with Crippen molar-refractivity contribution < 1.29 is 152 Å². The van der Waals surface area contributed by atoms with Gasteiger partial charge in [-0.15, -0.1) is 174 Å². The summed E-state index contributed by atoms with van der Waals surface area (Å²) in [5.41, 5.74) is 34.6. The van der Waals surface area contributed by atoms with E-state index in [-0.39, 0.29) is 183 Å². The fraction of sp³-hybridized carbons (Fsp3) is 0.488. The van der Waals surface area contributed by atoms with Crippen LogP contribution < -0.4 is 0 Å². The van der Waals surface area contributed by atoms with Crippen LogP contribution in [0.25, 0.3) is 78.8 Å². The molecule has 0 saturated carbocycles. The molecule has 12 rings (SSSR count). The van der Waals surface area contributed by atoms with Crippen LogP contribution in [0.5, 0.6) is 0 Å². The Bertz CT molecular complexity index is 5310. The molecule has 20 nitrogen and oxygen atoms in total. The molecule has 10 unspecified atom stereocenters. The maximum Gasteiger partial charge on any atom is 0.106 e. The molecule has 146 heavy (non-hydrogen) atoms. The molecule has 0 aliphatic carbocycles. The topological polar surface area (TPSA) is 331 Å². The number of aliphatic hydroxyl groups is 10. The monoisotopic (exact) mass is 2890 g/mol. The van der Waals surface area contributed by atoms with Gasteiger partial charge in [0.1, 0.15) is 19.0 Å². The van der Waals surface area contributed by atoms with Gasteiger partial charge >= 0.3 is 0 Å². The summed E-state index contributed by atoms with van der Waals surface area (Å²) in [5.74, 6) is 0.479. The molecule has 10 atom stereocenters. The summed E-state index contributed by atoms with van der Waals surface area (Å²) in [6.07, 6.45) is 8.64. The van der Waals surface area contributed by atoms with Gasteiger partial charge in [-0.05, 0) is 196 Å². The van der Waals surface area contributed by atoms with Gasteiger partial charge in [0.25, 0.3) is 0 Å². The SMILES string of the molecule is CC(C)(C)C(O)CC(O)C(C)(C)C.CC(C)C(O)CC(O)C(C)C.CC(O)CC(C)O.CC(O)CC(C)O.CC(O)CC(C)O.Cc1[c-]c(-c2cc(-c3cc(C)cc(C)c3)ncn2)cc(C)c1.Cc1[c-]c(-c2cc(-c3cc(C)cc(C)c3)ncn2)cc(C)c1.Cc1[c-]c(-c2cc(C(C)(C)C)ncn2)cc(C)c1.Cc1[c-]c(-c2ncc(C)nc2C)cc(C(C)(C)C)c1.Cc1[c-]c(-c2nccnc2C)cc(C)c1.[Ir].[Ir].[Ir].[Ir].[Ir]. The van der Waals surface area contributed by atoms with E-state index in [0.29, 0.717) is 32.1 Å². The summed E-state index contributed by atoms with van der Waals surface area (Å²) in [7, 11) is 0. The molecule has 815 valence electrons. The Morgan fingerprint density at radius 3 is 0.829 bits per heavy atom. The first kappa shape index (κ1) is 143. The van der Waals surface area contributed by atoms with Gasteiger partial charge in [-0.1, -0.05) is 226 Å². The summed E-state index contributed by atoms with van der Waals surface area (Å²) >= 11 is 0. The molecule has 0 saturated heterocycles. The van der Waals surface area contributed by atoms with Crippen molar-refractivity contribution in [2.75, 3.05) is 0 Å². The molecule has 0 aliphatic rings. The number of nitrogens with zero attached hydrogens (tertiary/aromatic N) is 10. The second-order valence-electron chi connectivity index (χ2n) is 43.2. The van der Waals surface area contributed by atoms with Crippen LogP contribution in [-0.2, 0) is 111 Å². The first-order valence-electron chi connectivity index (χ1n) is 49.3. The molecule has 25 heteroatoms. The maximum absolute atomic E-state index is 9.76. The van der Waals surface area contributed by atoms with Gasteiger partial charge in [0.2, 0.25) is 0 Å². The second kappa shape index (κ2) is 68.7. The molecule has 5 heterocycles. The predicted octanol–water partition coefficient (Wildman–Crippen LogP) is 24.6. The minimum Gasteiger partial charge on any atom is -0.393 e. The zero-order valence-electron chi connectivity index (χ0n) is 94.0. The Morgan fingerprint density at radius 1 is 0.260 bits per heavy atom. The van der Waals surface area contributed by atoms with Crippen molar-refractivity contribution in [3.05, 3.63) is 284 Å². The van der Waals surface area contributed by atoms with Crippen LogP contribution in [0.15, 0.2) is 153 Å². The van der Waals surface area contributed by atoms with Crippen molar-refractivity contribution in [1.82, 2.24) is 49.8 Å². The maximum atomic E-state index is 9.76. The van der Waals surface area contributed by atoms with Gasteiger partial charge in [0.15, 0.2) is 0 Å². The molecular weight excluding hydrogens is 2710 g/mol. The zero-order chi connectivity index (χ0) is 107. The smallest absolute Gasteiger partial charge is 0.106 e. The summed E-state index contributed by atoms with van der Waals surface area (Å²) < 4.78 is 0. The van der Waals surface area contributed by atoms with E-state index in [4.69, 9.17) is 30.6 Å². The van der Waals surface area contributed by atoms with E-state index in [1.807, 2.05) is 115 Å². The van der Waals surface area contributed by atoms with Gasteiger partial charge < -0.3 is 61.0 Å². The Labute approximate surface area is 945 Å². The normalized spacial score (nSPS) is 12.9. The Balaban J connectivity index is -0.00000159. The average molecular weight is 2890 g/mol. The quantitative estimate of drug-likeness (QED) is 0.0336. The van der Waals surface area contributed by atoms with Crippen molar-refractivity contribution in [2.45, 2.75) is 367 Å². The molecule has 5 aromatic heterocycles. The Kier molecular flexibility index (Phi) is 67.2. The van der Waals surface area contributed by atoms with Crippen LogP contribution in [0, 0.1) is 164 Å². The van der Waals surface area contributed by atoms with E-state index in [0.717, 1.165) is 129 Å². The molecule has 0 bridgehead atoms. The minimum atomic E-state index is -0.443. The van der Waals surface area contributed by atoms with Crippen molar-refractivity contribution in [1.29, 1.82) is 0 Å². The van der Waals surface area contributed by atoms with E-state index < -0.39 is 12.2 Å². The number of rotatable bonds is 19. The van der Waals surface area contributed by atoms with Crippen LogP contribution in [0.2, 0.25) is 0 Å². The van der Waals surface area contributed by atoms with Gasteiger partial charge in [-0.25, -0.2) is 15.0 Å². The summed E-state index contributed by atoms with van der Waals surface area (Å²) in [6.45, 7) is 75.8. The van der Waals surface area contributed by atoms with Crippen LogP contribution in [0.4, 0.5) is 0 Å². The van der Waals surface area contributed by atoms with E-state index in [1.165, 1.54) is 50.1 Å². The van der Waals surface area contributed by atoms with Crippen molar-refractivity contribution in [3.8, 4) is 78.8 Å². The number of hydrogen-bond acceptors (Lipinski definition) is 20. The Hall–Kier alpha value is -7.21. The number of hydrogen-bond donors (Lipinski definition) is 10. The van der Waals surface area contributed by atoms with Gasteiger partial charge in [-0.3, -0.25) is 24.9 Å². The van der Waals surface area contributed by atoms with Gasteiger partial charge in [-0.2, -0.15) is 0 Å². The van der Waals surface area contributed by atoms with Crippen LogP contribution in [-0.4, -0.2) is 162 Å². The van der Waals surface area contributed by atoms with Gasteiger partial charge in [0, 0.05) is 159 Å². The third-order valence-electron chi connectivity index (χ3n) is 22.1. The number of aryl methyl sites for hydroxylation is 16. The second-order valence-corrected chi connectivity index (χ2v) is 43.2. The number of aromatic nitrogens is 10. The average Bonchev–Trinajstić information content (AvgIpc) is 0.808. The van der Waals surface area contributed by atoms with Crippen molar-refractivity contribution in [3.63, 3.8) is 0 Å². The molecule has 7 aromatic carbocycles. The first-order valence-corrected chi connectivity index (χ1v) is 49.3. The Morgan fingerprint density at radius 2 is 0.541 bits per heavy atom. The van der Waals surface area contributed by atoms with Crippen molar-refractivity contribution >= 4 is 0 Å². The van der Waals surface area contributed by atoms with Crippen LogP contribution in [0.1, 0.15) is 285 Å². The molecule has 0 amide bonds. The molecule has 5 radical (unpaired) electrons. The summed E-state index contributed by atoms with van der Waals surface area (Å²) in [6, 6.07) is 57.2. The standard InChI is InChI=1S/2C20H19N2.C17H21N2.C16H19N2.C13H13N2.C11H24O2.C9H20O2.3C5H12O2.5Ir/c2*1-13-5-14(2)8-17(7-13)19-11-20(22-12-21-19)18-9-15(3)6-16(4)10-18;1-11-7-14(9-15(8-11)17(4,5)6)16-13(3)19-12(2)10-18-16;1-11-6-12(2)8-13(7-11)14-9-15(16(3,4)5)18-10-17-14;1-9-6-10(2)8-12(7-9)13-11(3)14-4-5-15-13;1-10(2,3)8(12)7-9(13)11(4,5)6;1-6(2)8(10)5-9(11)7(3)4;3*1-4(6)3-5(2)7;;;;;/h2*5-9,11-12H,1-4H3;8-10H,1-6H3;6-7,9-10H,1-5H3;4-7H,1-3H3;8-9,12-13H,7H2,1-6H3;6-11H,5H2,1-4H3;3*4-7H,3H2,1-2H3;;;;;/q5*-1;;;;;;;;;;. The molecular formula is C121H171Ir5N10O10-5. The van der Waals surface area contributed by atoms with E-state index >= 15 is 0 Å². The number of benzene rings is 7. The third-order valence-corrected chi connectivity index (χ3v) is 22.1. The fourth-order valence-electron chi connectivity index (χ4n) is 14.6. The van der Waals surface area contributed by atoms with Crippen LogP contribution >= 0.6 is 0 Å². The summed E-state index contributed by atoms with van der Waals surface area (Å²) in [4.78, 5) is 44.0.